The highest BCUT2D eigenvalue weighted by Gasteiger charge is 2.59. The highest BCUT2D eigenvalue weighted by Crippen LogP contribution is 2.38. The van der Waals surface area contributed by atoms with Gasteiger partial charge in [-0.3, -0.25) is 38.6 Å². The van der Waals surface area contributed by atoms with Gasteiger partial charge in [-0.15, -0.1) is 0 Å². The molecule has 0 aliphatic carbocycles. The number of nitrogens with one attached hydrogen (secondary N) is 7. The number of unbranched alkanes of at least 4 members (excludes halogenated alkanes) is 9. The van der Waals surface area contributed by atoms with Crippen LogP contribution in [-0.4, -0.2) is 219 Å². The van der Waals surface area contributed by atoms with E-state index in [2.05, 4.69) is 48.8 Å². The summed E-state index contributed by atoms with van der Waals surface area (Å²) in [7, 11) is 2.92. The Morgan fingerprint density at radius 2 is 1.52 bits per heavy atom. The van der Waals surface area contributed by atoms with Crippen molar-refractivity contribution in [3.63, 3.8) is 0 Å². The molecule has 5 heterocycles. The van der Waals surface area contributed by atoms with E-state index in [4.69, 9.17) is 24.7 Å². The first kappa shape index (κ1) is 66.0. The van der Waals surface area contributed by atoms with Crippen molar-refractivity contribution in [3.8, 4) is 0 Å². The molecule has 1 aromatic heterocycles. The molecule has 5 rings (SSSR count). The first-order chi connectivity index (χ1) is 38.6. The SMILES string of the molecule is CCCCCCCCCCCCN1C(=O)C(C(OC2O[C@H](CNC)[C@@H](O)[C@H]2OC)[C@H]2O[C@@H](n3ccc(=O)[nH]c3=O)[C@H](O)[C@@H]2O)N(CCCNC(=O)C(NC(=O)C(NC(=O)NC(C(=O)O)C(C)C)C2CCN=C(N)N2)C(O)C(C)C)C1=O. The molecule has 0 radical (unpaired) electrons. The molecular weight excluding hydrogens is 1060 g/mol. The van der Waals surface area contributed by atoms with Gasteiger partial charge in [0.2, 0.25) is 11.8 Å². The van der Waals surface area contributed by atoms with Gasteiger partial charge < -0.3 is 87.0 Å². The Balaban J connectivity index is 1.42. The number of carbonyl (C=O) groups excluding carboxylic acids is 5. The molecule has 0 aromatic carbocycles. The lowest BCUT2D eigenvalue weighted by Gasteiger charge is -2.36. The largest absolute Gasteiger partial charge is 0.480 e. The van der Waals surface area contributed by atoms with Crippen LogP contribution in [0.15, 0.2) is 26.8 Å². The third kappa shape index (κ3) is 17.4. The number of ether oxygens (including phenoxy) is 4. The minimum atomic E-state index is -1.91. The maximum atomic E-state index is 15.0. The van der Waals surface area contributed by atoms with E-state index in [9.17, 15) is 63.9 Å². The van der Waals surface area contributed by atoms with Gasteiger partial charge in [0.05, 0.1) is 12.1 Å². The van der Waals surface area contributed by atoms with Gasteiger partial charge in [0.15, 0.2) is 18.5 Å². The molecule has 8 unspecified atom stereocenters. The average Bonchev–Trinajstić information content (AvgIpc) is 3.72. The lowest BCUT2D eigenvalue weighted by atomic mass is 9.97. The maximum absolute atomic E-state index is 15.0. The van der Waals surface area contributed by atoms with Crippen LogP contribution in [0.3, 0.4) is 0 Å². The van der Waals surface area contributed by atoms with Crippen LogP contribution in [0.4, 0.5) is 9.59 Å². The number of methoxy groups -OCH3 is 1. The Morgan fingerprint density at radius 3 is 2.11 bits per heavy atom. The summed E-state index contributed by atoms with van der Waals surface area (Å²) in [4.78, 5) is 117. The normalized spacial score (nSPS) is 26.7. The van der Waals surface area contributed by atoms with E-state index in [-0.39, 0.29) is 51.5 Å². The second kappa shape index (κ2) is 31.6. The molecule has 3 fully saturated rings. The van der Waals surface area contributed by atoms with Gasteiger partial charge in [-0.1, -0.05) is 92.4 Å². The van der Waals surface area contributed by atoms with E-state index in [1.165, 1.54) is 24.9 Å². The number of carboxylic acid groups (broad SMARTS) is 1. The fourth-order valence-electron chi connectivity index (χ4n) is 10.5. The topological polar surface area (TPSA) is 412 Å². The van der Waals surface area contributed by atoms with Crippen LogP contribution in [0.25, 0.3) is 0 Å². The predicted octanol–water partition coefficient (Wildman–Crippen LogP) is -2.12. The quantitative estimate of drug-likeness (QED) is 0.0264. The number of nitrogens with zero attached hydrogens (tertiary/aromatic N) is 4. The molecule has 15 atom stereocenters. The fraction of sp³-hybridized carbons (Fsp3) is 0.788. The molecule has 4 aliphatic heterocycles. The number of likely N-dealkylation sites (N-methyl/N-ethyl adjacent to an activating group) is 1. The zero-order valence-electron chi connectivity index (χ0n) is 47.5. The van der Waals surface area contributed by atoms with Crippen molar-refractivity contribution in [2.75, 3.05) is 46.9 Å². The van der Waals surface area contributed by atoms with Crippen LogP contribution in [0, 0.1) is 11.8 Å². The van der Waals surface area contributed by atoms with Gasteiger partial charge in [0, 0.05) is 52.1 Å². The number of aromatic amines is 1. The van der Waals surface area contributed by atoms with E-state index in [1.54, 1.807) is 34.7 Å². The van der Waals surface area contributed by atoms with Crippen LogP contribution < -0.4 is 48.9 Å². The average molecular weight is 1150 g/mol. The number of nitrogens with two attached hydrogens (primary N) is 1. The second-order valence-electron chi connectivity index (χ2n) is 21.8. The molecule has 0 saturated carbocycles. The Labute approximate surface area is 470 Å². The highest BCUT2D eigenvalue weighted by molar-refractivity contribution is 6.04. The standard InChI is InChI=1S/C52H88N12O17/c1-8-9-10-11-12-13-14-15-16-17-23-63-45(72)35(40(81-48-42(78-7)37(67)30(79-48)26-54-6)41-38(68)39(69)46(80-41)64-25-20-31(65)58-51(64)76)62(52(63)77)24-18-21-55-43(70)34(36(66)28(4)5)59-44(71)33(29-19-22-56-49(53)57-29)61-50(75)60-32(27(2)3)47(73)74/h20,25,27-30,32-42,46,48,54,66-69H,8-19,21-24,26H2,1-7H3,(H,55,70)(H,59,71)(H,73,74)(H3,53,56,57)(H,58,65,76)(H2,60,61,75)/t29?,30-,32?,33?,34?,35?,36?,37-,38+,39-,40?,41+,42-,46-,48?/m1/s1. The summed E-state index contributed by atoms with van der Waals surface area (Å²) in [6, 6.07) is -7.76. The number of rotatable bonds is 33. The van der Waals surface area contributed by atoms with Crippen molar-refractivity contribution in [2.45, 2.75) is 203 Å². The van der Waals surface area contributed by atoms with Gasteiger partial charge >= 0.3 is 23.7 Å². The number of urea groups is 2. The fourth-order valence-corrected chi connectivity index (χ4v) is 10.5. The zero-order chi connectivity index (χ0) is 59.7. The van der Waals surface area contributed by atoms with Crippen molar-refractivity contribution in [3.05, 3.63) is 33.1 Å². The summed E-state index contributed by atoms with van der Waals surface area (Å²) >= 11 is 0. The number of hydrogen-bond acceptors (Lipinski definition) is 20. The van der Waals surface area contributed by atoms with Gasteiger partial charge in [-0.2, -0.15) is 0 Å². The molecule has 7 amide bonds. The van der Waals surface area contributed by atoms with E-state index < -0.39 is 150 Å². The minimum Gasteiger partial charge on any atom is -0.480 e. The van der Waals surface area contributed by atoms with Gasteiger partial charge in [-0.25, -0.2) is 19.2 Å². The number of aromatic nitrogens is 2. The van der Waals surface area contributed by atoms with E-state index in [0.717, 1.165) is 60.3 Å². The molecule has 1 aromatic rings. The van der Waals surface area contributed by atoms with Crippen LogP contribution in [0.5, 0.6) is 0 Å². The van der Waals surface area contributed by atoms with Crippen molar-refractivity contribution in [2.24, 2.45) is 22.6 Å². The van der Waals surface area contributed by atoms with E-state index in [0.29, 0.717) is 12.8 Å². The van der Waals surface area contributed by atoms with Crippen molar-refractivity contribution in [1.29, 1.82) is 0 Å². The number of imide groups is 1. The van der Waals surface area contributed by atoms with Crippen LogP contribution >= 0.6 is 0 Å². The number of carboxylic acids is 1. The molecule has 458 valence electrons. The van der Waals surface area contributed by atoms with Gasteiger partial charge in [0.1, 0.15) is 66.9 Å². The second-order valence-corrected chi connectivity index (χ2v) is 21.8. The number of carbonyl (C=O) groups is 6. The number of hydrogen-bond donors (Lipinski definition) is 13. The maximum Gasteiger partial charge on any atom is 0.330 e. The summed E-state index contributed by atoms with van der Waals surface area (Å²) in [5.74, 6) is -5.09. The van der Waals surface area contributed by atoms with Crippen molar-refractivity contribution in [1.82, 2.24) is 51.3 Å². The number of guanidine groups is 1. The minimum absolute atomic E-state index is 0.0140. The molecule has 29 nitrogen and oxygen atoms in total. The number of H-pyrrole nitrogens is 1. The third-order valence-electron chi connectivity index (χ3n) is 15.1. The lowest BCUT2D eigenvalue weighted by Crippen LogP contribution is -2.66. The molecule has 14 N–H and O–H groups in total. The number of aliphatic carboxylic acids is 1. The van der Waals surface area contributed by atoms with Gasteiger partial charge in [0.25, 0.3) is 11.5 Å². The predicted molar refractivity (Wildman–Crippen MR) is 291 cm³/mol. The van der Waals surface area contributed by atoms with Gasteiger partial charge in [-0.05, 0) is 38.1 Å². The number of aliphatic hydroxyl groups is 4. The first-order valence-corrected chi connectivity index (χ1v) is 28.3. The summed E-state index contributed by atoms with van der Waals surface area (Å²) in [5.41, 5.74) is 4.19. The molecule has 81 heavy (non-hydrogen) atoms. The number of aliphatic imine (C=N–C) groups is 1. The van der Waals surface area contributed by atoms with Crippen molar-refractivity contribution < 1.29 is 73.2 Å². The Bertz CT molecular complexity index is 2390. The van der Waals surface area contributed by atoms with E-state index >= 15 is 0 Å². The zero-order valence-corrected chi connectivity index (χ0v) is 47.5. The summed E-state index contributed by atoms with van der Waals surface area (Å²) < 4.78 is 25.3. The highest BCUT2D eigenvalue weighted by atomic mass is 16.7. The summed E-state index contributed by atoms with van der Waals surface area (Å²) in [6.07, 6.45) is -4.30. The molecular formula is C52H88N12O17. The van der Waals surface area contributed by atoms with Crippen LogP contribution in [0.1, 0.15) is 118 Å². The molecule has 0 bridgehead atoms. The summed E-state index contributed by atoms with van der Waals surface area (Å²) in [5, 5.41) is 71.5. The summed E-state index contributed by atoms with van der Waals surface area (Å²) in [6.45, 7) is 8.29. The van der Waals surface area contributed by atoms with E-state index in [1.807, 2.05) is 0 Å². The molecule has 0 spiro atoms. The van der Waals surface area contributed by atoms with Crippen molar-refractivity contribution >= 4 is 41.7 Å². The number of aliphatic hydroxyl groups excluding tert-OH is 4. The van der Waals surface area contributed by atoms with Crippen LogP contribution in [0.2, 0.25) is 0 Å². The Hall–Kier alpha value is -5.79. The smallest absolute Gasteiger partial charge is 0.330 e. The lowest BCUT2D eigenvalue weighted by molar-refractivity contribution is -0.233. The Morgan fingerprint density at radius 1 is 0.852 bits per heavy atom. The molecule has 29 heteroatoms. The Kier molecular flexibility index (Phi) is 25.7. The first-order valence-electron chi connectivity index (χ1n) is 28.3. The number of amides is 7. The van der Waals surface area contributed by atoms with Crippen LogP contribution in [-0.2, 0) is 38.1 Å². The third-order valence-corrected chi connectivity index (χ3v) is 15.1. The molecule has 3 saturated heterocycles. The molecule has 4 aliphatic rings. The monoisotopic (exact) mass is 1150 g/mol.